The van der Waals surface area contributed by atoms with Gasteiger partial charge in [-0.15, -0.1) is 0 Å². The summed E-state index contributed by atoms with van der Waals surface area (Å²) in [6.45, 7) is 3.26. The third-order valence-corrected chi connectivity index (χ3v) is 3.01. The summed E-state index contributed by atoms with van der Waals surface area (Å²) in [5.74, 6) is 1.54. The molecule has 1 aliphatic carbocycles. The molecule has 0 bridgehead atoms. The second-order valence-corrected chi connectivity index (χ2v) is 4.05. The Kier molecular flexibility index (Phi) is 3.14. The zero-order valence-corrected chi connectivity index (χ0v) is 8.57. The zero-order valence-electron chi connectivity index (χ0n) is 8.57. The molecule has 78 valence electrons. The van der Waals surface area contributed by atoms with Gasteiger partial charge in [-0.2, -0.15) is 4.98 Å². The van der Waals surface area contributed by atoms with Gasteiger partial charge in [-0.3, -0.25) is 0 Å². The maximum Gasteiger partial charge on any atom is 0.227 e. The van der Waals surface area contributed by atoms with Crippen molar-refractivity contribution in [2.45, 2.75) is 38.6 Å². The van der Waals surface area contributed by atoms with E-state index in [0.29, 0.717) is 6.04 Å². The fourth-order valence-electron chi connectivity index (χ4n) is 2.12. The summed E-state index contributed by atoms with van der Waals surface area (Å²) in [5, 5.41) is 7.12. The van der Waals surface area contributed by atoms with E-state index in [1.54, 1.807) is 0 Å². The molecule has 0 aromatic carbocycles. The van der Waals surface area contributed by atoms with E-state index in [9.17, 15) is 0 Å². The Bertz CT molecular complexity index is 260. The molecule has 4 nitrogen and oxygen atoms in total. The lowest BCUT2D eigenvalue weighted by atomic mass is 10.1. The molecule has 1 aliphatic rings. The standard InChI is InChI=1S/C10H17N3O/c1-8-3-2-4-9(8)11-6-5-10-12-7-13-14-10/h7-9,11H,2-6H2,1H3. The number of rotatable bonds is 4. The largest absolute Gasteiger partial charge is 0.340 e. The van der Waals surface area contributed by atoms with Crippen molar-refractivity contribution in [1.82, 2.24) is 15.5 Å². The SMILES string of the molecule is CC1CCCC1NCCc1ncno1. The van der Waals surface area contributed by atoms with Crippen molar-refractivity contribution < 1.29 is 4.52 Å². The fraction of sp³-hybridized carbons (Fsp3) is 0.800. The summed E-state index contributed by atoms with van der Waals surface area (Å²) < 4.78 is 4.92. The fourth-order valence-corrected chi connectivity index (χ4v) is 2.12. The molecule has 1 saturated carbocycles. The Morgan fingerprint density at radius 2 is 2.50 bits per heavy atom. The van der Waals surface area contributed by atoms with Crippen LogP contribution in [0, 0.1) is 5.92 Å². The van der Waals surface area contributed by atoms with Crippen LogP contribution in [0.5, 0.6) is 0 Å². The van der Waals surface area contributed by atoms with E-state index in [2.05, 4.69) is 22.4 Å². The van der Waals surface area contributed by atoms with Gasteiger partial charge in [0.05, 0.1) is 0 Å². The van der Waals surface area contributed by atoms with Crippen molar-refractivity contribution in [3.63, 3.8) is 0 Å². The van der Waals surface area contributed by atoms with Crippen LogP contribution in [0.1, 0.15) is 32.1 Å². The summed E-state index contributed by atoms with van der Waals surface area (Å²) in [6, 6.07) is 0.693. The number of nitrogens with zero attached hydrogens (tertiary/aromatic N) is 2. The molecule has 0 spiro atoms. The second kappa shape index (κ2) is 4.55. The van der Waals surface area contributed by atoms with Crippen LogP contribution < -0.4 is 5.32 Å². The van der Waals surface area contributed by atoms with Crippen LogP contribution in [0.2, 0.25) is 0 Å². The Balaban J connectivity index is 1.68. The summed E-state index contributed by atoms with van der Waals surface area (Å²) in [5.41, 5.74) is 0. The number of hydrogen-bond acceptors (Lipinski definition) is 4. The maximum absolute atomic E-state index is 4.92. The molecule has 2 atom stereocenters. The van der Waals surface area contributed by atoms with Gasteiger partial charge in [-0.05, 0) is 18.8 Å². The van der Waals surface area contributed by atoms with Crippen LogP contribution in [0.25, 0.3) is 0 Å². The van der Waals surface area contributed by atoms with Gasteiger partial charge in [-0.1, -0.05) is 18.5 Å². The van der Waals surface area contributed by atoms with E-state index in [1.807, 2.05) is 0 Å². The van der Waals surface area contributed by atoms with E-state index < -0.39 is 0 Å². The highest BCUT2D eigenvalue weighted by Crippen LogP contribution is 2.24. The maximum atomic E-state index is 4.92. The van der Waals surface area contributed by atoms with Crippen LogP contribution in [-0.2, 0) is 6.42 Å². The minimum atomic E-state index is 0.693. The highest BCUT2D eigenvalue weighted by atomic mass is 16.5. The Labute approximate surface area is 84.1 Å². The Hall–Kier alpha value is -0.900. The first kappa shape index (κ1) is 9.65. The van der Waals surface area contributed by atoms with Crippen LogP contribution in [-0.4, -0.2) is 22.7 Å². The first-order chi connectivity index (χ1) is 6.86. The Morgan fingerprint density at radius 3 is 3.14 bits per heavy atom. The van der Waals surface area contributed by atoms with Gasteiger partial charge < -0.3 is 9.84 Å². The number of nitrogens with one attached hydrogen (secondary N) is 1. The predicted molar refractivity (Wildman–Crippen MR) is 52.8 cm³/mol. The highest BCUT2D eigenvalue weighted by molar-refractivity contribution is 4.82. The molecule has 1 fully saturated rings. The molecule has 0 amide bonds. The molecule has 1 heterocycles. The second-order valence-electron chi connectivity index (χ2n) is 4.05. The summed E-state index contributed by atoms with van der Waals surface area (Å²) in [7, 11) is 0. The third-order valence-electron chi connectivity index (χ3n) is 3.01. The number of aromatic nitrogens is 2. The number of hydrogen-bond donors (Lipinski definition) is 1. The van der Waals surface area contributed by atoms with E-state index in [0.717, 1.165) is 24.8 Å². The summed E-state index contributed by atoms with van der Waals surface area (Å²) in [4.78, 5) is 3.98. The van der Waals surface area contributed by atoms with Crippen LogP contribution >= 0.6 is 0 Å². The van der Waals surface area contributed by atoms with Gasteiger partial charge in [0.15, 0.2) is 6.33 Å². The molecular formula is C10H17N3O. The van der Waals surface area contributed by atoms with Gasteiger partial charge in [0.2, 0.25) is 5.89 Å². The van der Waals surface area contributed by atoms with Crippen LogP contribution in [0.4, 0.5) is 0 Å². The zero-order chi connectivity index (χ0) is 9.80. The molecule has 0 aliphatic heterocycles. The lowest BCUT2D eigenvalue weighted by Crippen LogP contribution is -2.32. The normalized spacial score (nSPS) is 26.9. The van der Waals surface area contributed by atoms with Gasteiger partial charge >= 0.3 is 0 Å². The van der Waals surface area contributed by atoms with Crippen molar-refractivity contribution in [1.29, 1.82) is 0 Å². The molecule has 0 saturated heterocycles. The molecule has 1 aromatic rings. The van der Waals surface area contributed by atoms with Crippen molar-refractivity contribution in [3.8, 4) is 0 Å². The van der Waals surface area contributed by atoms with E-state index in [4.69, 9.17) is 4.52 Å². The minimum absolute atomic E-state index is 0.693. The molecule has 1 aromatic heterocycles. The van der Waals surface area contributed by atoms with E-state index in [1.165, 1.54) is 25.6 Å². The third kappa shape index (κ3) is 2.32. The average Bonchev–Trinajstić information content (AvgIpc) is 2.78. The molecule has 4 heteroatoms. The Morgan fingerprint density at radius 1 is 1.57 bits per heavy atom. The lowest BCUT2D eigenvalue weighted by Gasteiger charge is -2.16. The summed E-state index contributed by atoms with van der Waals surface area (Å²) in [6.07, 6.45) is 6.32. The minimum Gasteiger partial charge on any atom is -0.340 e. The predicted octanol–water partition coefficient (Wildman–Crippen LogP) is 1.39. The lowest BCUT2D eigenvalue weighted by molar-refractivity contribution is 0.364. The average molecular weight is 195 g/mol. The van der Waals surface area contributed by atoms with E-state index in [-0.39, 0.29) is 0 Å². The monoisotopic (exact) mass is 195 g/mol. The van der Waals surface area contributed by atoms with Gasteiger partial charge in [-0.25, -0.2) is 0 Å². The van der Waals surface area contributed by atoms with Crippen molar-refractivity contribution >= 4 is 0 Å². The van der Waals surface area contributed by atoms with Crippen LogP contribution in [0.15, 0.2) is 10.9 Å². The van der Waals surface area contributed by atoms with Gasteiger partial charge in [0.1, 0.15) is 0 Å². The van der Waals surface area contributed by atoms with Crippen molar-refractivity contribution in [2.24, 2.45) is 5.92 Å². The molecule has 14 heavy (non-hydrogen) atoms. The van der Waals surface area contributed by atoms with Gasteiger partial charge in [0.25, 0.3) is 0 Å². The van der Waals surface area contributed by atoms with Crippen molar-refractivity contribution in [3.05, 3.63) is 12.2 Å². The van der Waals surface area contributed by atoms with Crippen LogP contribution in [0.3, 0.4) is 0 Å². The molecule has 2 rings (SSSR count). The summed E-state index contributed by atoms with van der Waals surface area (Å²) >= 11 is 0. The smallest absolute Gasteiger partial charge is 0.227 e. The molecule has 0 radical (unpaired) electrons. The van der Waals surface area contributed by atoms with Crippen molar-refractivity contribution in [2.75, 3.05) is 6.54 Å². The molecule has 1 N–H and O–H groups in total. The first-order valence-electron chi connectivity index (χ1n) is 5.35. The molecular weight excluding hydrogens is 178 g/mol. The van der Waals surface area contributed by atoms with Gasteiger partial charge in [0, 0.05) is 19.0 Å². The highest BCUT2D eigenvalue weighted by Gasteiger charge is 2.22. The first-order valence-corrected chi connectivity index (χ1v) is 5.35. The topological polar surface area (TPSA) is 51.0 Å². The van der Waals surface area contributed by atoms with E-state index >= 15 is 0 Å². The molecule has 2 unspecified atom stereocenters. The quantitative estimate of drug-likeness (QED) is 0.788.